The molecule has 0 atom stereocenters. The van der Waals surface area contributed by atoms with Crippen molar-refractivity contribution in [3.63, 3.8) is 0 Å². The first-order chi connectivity index (χ1) is 14.5. The van der Waals surface area contributed by atoms with E-state index in [2.05, 4.69) is 16.6 Å². The van der Waals surface area contributed by atoms with Gasteiger partial charge in [0.05, 0.1) is 19.8 Å². The summed E-state index contributed by atoms with van der Waals surface area (Å²) in [6.07, 6.45) is 2.45. The molecule has 0 heterocycles. The highest BCUT2D eigenvalue weighted by Gasteiger charge is 2.12. The molecule has 0 saturated carbocycles. The number of rotatable bonds is 10. The Bertz CT molecular complexity index is 906. The average molecular weight is 413 g/mol. The number of carbonyl (C=O) groups excluding carboxylic acids is 3. The lowest BCUT2D eigenvalue weighted by Gasteiger charge is -2.12. The maximum Gasteiger partial charge on any atom is 0.344 e. The topological polar surface area (TPSA) is 100 Å². The molecule has 30 heavy (non-hydrogen) atoms. The van der Waals surface area contributed by atoms with Crippen LogP contribution in [0.15, 0.2) is 55.1 Å². The minimum Gasteiger partial charge on any atom is -0.493 e. The van der Waals surface area contributed by atoms with Gasteiger partial charge in [-0.05, 0) is 48.4 Å². The van der Waals surface area contributed by atoms with Crippen molar-refractivity contribution >= 4 is 23.5 Å². The summed E-state index contributed by atoms with van der Waals surface area (Å²) in [6.45, 7) is 2.83. The first-order valence-corrected chi connectivity index (χ1v) is 9.01. The number of carbonyl (C=O) groups is 3. The van der Waals surface area contributed by atoms with Gasteiger partial charge in [-0.2, -0.15) is 0 Å². The van der Waals surface area contributed by atoms with Gasteiger partial charge in [-0.3, -0.25) is 4.79 Å². The van der Waals surface area contributed by atoms with Crippen LogP contribution >= 0.6 is 0 Å². The van der Waals surface area contributed by atoms with Crippen molar-refractivity contribution in [3.8, 4) is 11.5 Å². The fourth-order valence-corrected chi connectivity index (χ4v) is 2.45. The first-order valence-electron chi connectivity index (χ1n) is 9.01. The number of nitrogens with one attached hydrogen (secondary N) is 1. The number of amides is 1. The van der Waals surface area contributed by atoms with Gasteiger partial charge in [-0.1, -0.05) is 12.1 Å². The lowest BCUT2D eigenvalue weighted by molar-refractivity contribution is -0.149. The maximum absolute atomic E-state index is 11.9. The van der Waals surface area contributed by atoms with E-state index in [1.165, 1.54) is 38.5 Å². The van der Waals surface area contributed by atoms with Crippen LogP contribution < -0.4 is 14.8 Å². The van der Waals surface area contributed by atoms with Crippen LogP contribution in [0, 0.1) is 0 Å². The number of methoxy groups -OCH3 is 2. The van der Waals surface area contributed by atoms with Crippen LogP contribution in [0.4, 0.5) is 5.69 Å². The highest BCUT2D eigenvalue weighted by atomic mass is 16.6. The van der Waals surface area contributed by atoms with Gasteiger partial charge >= 0.3 is 11.9 Å². The van der Waals surface area contributed by atoms with E-state index in [0.717, 1.165) is 5.56 Å². The standard InChI is InChI=1S/C22H23NO7/c1-4-5-15-6-11-18(19(12-15)27-2)29-14-21(25)30-13-20(24)23-17-9-7-16(8-10-17)22(26)28-3/h4,6-12H,1,5,13-14H2,2-3H3,(H,23,24). The Morgan fingerprint density at radius 2 is 1.73 bits per heavy atom. The number of esters is 2. The molecule has 0 unspecified atom stereocenters. The van der Waals surface area contributed by atoms with E-state index in [4.69, 9.17) is 14.2 Å². The third-order valence-electron chi connectivity index (χ3n) is 3.91. The Kier molecular flexibility index (Phi) is 8.43. The number of anilines is 1. The quantitative estimate of drug-likeness (QED) is 0.472. The molecule has 8 heteroatoms. The molecule has 0 bridgehead atoms. The summed E-state index contributed by atoms with van der Waals surface area (Å²) >= 11 is 0. The highest BCUT2D eigenvalue weighted by Crippen LogP contribution is 2.28. The molecule has 0 aliphatic rings. The molecule has 0 aliphatic heterocycles. The molecule has 8 nitrogen and oxygen atoms in total. The Morgan fingerprint density at radius 1 is 1.00 bits per heavy atom. The molecule has 158 valence electrons. The second-order valence-electron chi connectivity index (χ2n) is 6.04. The van der Waals surface area contributed by atoms with Crippen LogP contribution in [0.5, 0.6) is 11.5 Å². The van der Waals surface area contributed by atoms with Crippen molar-refractivity contribution in [2.75, 3.05) is 32.8 Å². The molecule has 0 fully saturated rings. The number of benzene rings is 2. The predicted octanol–water partition coefficient (Wildman–Crippen LogP) is 2.77. The van der Waals surface area contributed by atoms with Gasteiger partial charge in [0.25, 0.3) is 5.91 Å². The molecule has 2 aromatic carbocycles. The molecular formula is C22H23NO7. The summed E-state index contributed by atoms with van der Waals surface area (Å²) in [5.74, 6) is -0.842. The summed E-state index contributed by atoms with van der Waals surface area (Å²) in [5, 5.41) is 2.55. The summed E-state index contributed by atoms with van der Waals surface area (Å²) in [5.41, 5.74) is 1.80. The molecule has 1 amide bonds. The molecule has 0 saturated heterocycles. The van der Waals surface area contributed by atoms with Crippen molar-refractivity contribution in [2.24, 2.45) is 0 Å². The van der Waals surface area contributed by atoms with E-state index >= 15 is 0 Å². The Hall–Kier alpha value is -3.81. The maximum atomic E-state index is 11.9. The number of hydrogen-bond acceptors (Lipinski definition) is 7. The second kappa shape index (κ2) is 11.3. The third kappa shape index (κ3) is 6.66. The largest absolute Gasteiger partial charge is 0.493 e. The average Bonchev–Trinajstić information content (AvgIpc) is 2.76. The van der Waals surface area contributed by atoms with Crippen LogP contribution in [0.3, 0.4) is 0 Å². The molecular weight excluding hydrogens is 390 g/mol. The highest BCUT2D eigenvalue weighted by molar-refractivity contribution is 5.94. The minimum atomic E-state index is -0.705. The SMILES string of the molecule is C=CCc1ccc(OCC(=O)OCC(=O)Nc2ccc(C(=O)OC)cc2)c(OC)c1. The van der Waals surface area contributed by atoms with E-state index < -0.39 is 24.5 Å². The van der Waals surface area contributed by atoms with Crippen molar-refractivity contribution in [3.05, 3.63) is 66.2 Å². The first kappa shape index (κ1) is 22.5. The van der Waals surface area contributed by atoms with Gasteiger partial charge in [0.15, 0.2) is 24.7 Å². The Morgan fingerprint density at radius 3 is 2.37 bits per heavy atom. The summed E-state index contributed by atoms with van der Waals surface area (Å²) in [7, 11) is 2.78. The van der Waals surface area contributed by atoms with Gasteiger partial charge < -0.3 is 24.3 Å². The van der Waals surface area contributed by atoms with Gasteiger partial charge in [0.2, 0.25) is 0 Å². The molecule has 0 aliphatic carbocycles. The fourth-order valence-electron chi connectivity index (χ4n) is 2.45. The summed E-state index contributed by atoms with van der Waals surface area (Å²) < 4.78 is 20.2. The van der Waals surface area contributed by atoms with Crippen molar-refractivity contribution in [2.45, 2.75) is 6.42 Å². The Balaban J connectivity index is 1.79. The molecule has 1 N–H and O–H groups in total. The molecule has 0 radical (unpaired) electrons. The lowest BCUT2D eigenvalue weighted by Crippen LogP contribution is -2.23. The minimum absolute atomic E-state index is 0.354. The van der Waals surface area contributed by atoms with E-state index in [0.29, 0.717) is 29.2 Å². The van der Waals surface area contributed by atoms with Crippen molar-refractivity contribution < 1.29 is 33.3 Å². The van der Waals surface area contributed by atoms with E-state index in [9.17, 15) is 14.4 Å². The van der Waals surface area contributed by atoms with Crippen molar-refractivity contribution in [1.29, 1.82) is 0 Å². The summed E-state index contributed by atoms with van der Waals surface area (Å²) in [4.78, 5) is 35.2. The number of allylic oxidation sites excluding steroid dienone is 1. The van der Waals surface area contributed by atoms with Gasteiger partial charge in [0.1, 0.15) is 0 Å². The second-order valence-corrected chi connectivity index (χ2v) is 6.04. The van der Waals surface area contributed by atoms with Crippen LogP contribution in [-0.2, 0) is 25.5 Å². The zero-order valence-electron chi connectivity index (χ0n) is 16.8. The van der Waals surface area contributed by atoms with Crippen LogP contribution in [0.25, 0.3) is 0 Å². The van der Waals surface area contributed by atoms with Crippen LogP contribution in [0.2, 0.25) is 0 Å². The van der Waals surface area contributed by atoms with Gasteiger partial charge in [-0.25, -0.2) is 9.59 Å². The molecule has 2 rings (SSSR count). The Labute approximate surface area is 174 Å². The van der Waals surface area contributed by atoms with Gasteiger partial charge in [0, 0.05) is 5.69 Å². The van der Waals surface area contributed by atoms with E-state index in [1.54, 1.807) is 18.2 Å². The zero-order chi connectivity index (χ0) is 21.9. The van der Waals surface area contributed by atoms with Crippen LogP contribution in [-0.4, -0.2) is 45.3 Å². The third-order valence-corrected chi connectivity index (χ3v) is 3.91. The monoisotopic (exact) mass is 413 g/mol. The zero-order valence-corrected chi connectivity index (χ0v) is 16.8. The summed E-state index contributed by atoms with van der Waals surface area (Å²) in [6, 6.07) is 11.4. The predicted molar refractivity (Wildman–Crippen MR) is 110 cm³/mol. The smallest absolute Gasteiger partial charge is 0.344 e. The molecule has 0 aromatic heterocycles. The lowest BCUT2D eigenvalue weighted by atomic mass is 10.1. The van der Waals surface area contributed by atoms with E-state index in [1.807, 2.05) is 6.07 Å². The normalized spacial score (nSPS) is 9.93. The number of hydrogen-bond donors (Lipinski definition) is 1. The van der Waals surface area contributed by atoms with Crippen LogP contribution in [0.1, 0.15) is 15.9 Å². The van der Waals surface area contributed by atoms with Gasteiger partial charge in [-0.15, -0.1) is 6.58 Å². The number of ether oxygens (including phenoxy) is 4. The molecule has 0 spiro atoms. The van der Waals surface area contributed by atoms with E-state index in [-0.39, 0.29) is 6.61 Å². The fraction of sp³-hybridized carbons (Fsp3) is 0.227. The van der Waals surface area contributed by atoms with Crippen molar-refractivity contribution in [1.82, 2.24) is 0 Å². The molecule has 2 aromatic rings.